The molecular weight excluding hydrogens is 405 g/mol. The second kappa shape index (κ2) is 7.88. The van der Waals surface area contributed by atoms with Crippen molar-refractivity contribution in [2.24, 2.45) is 5.41 Å². The minimum absolute atomic E-state index is 0.0194. The van der Waals surface area contributed by atoms with E-state index in [-0.39, 0.29) is 23.3 Å². The molecule has 0 fully saturated rings. The van der Waals surface area contributed by atoms with Crippen LogP contribution in [0.15, 0.2) is 30.3 Å². The van der Waals surface area contributed by atoms with Gasteiger partial charge in [0.05, 0.1) is 6.04 Å². The molecule has 0 spiro atoms. The molecular formula is C23H31F3N4O. The fourth-order valence-corrected chi connectivity index (χ4v) is 4.44. The Morgan fingerprint density at radius 1 is 1.16 bits per heavy atom. The summed E-state index contributed by atoms with van der Waals surface area (Å²) in [5.41, 5.74) is 1.23. The van der Waals surface area contributed by atoms with E-state index < -0.39 is 29.7 Å². The summed E-state index contributed by atoms with van der Waals surface area (Å²) >= 11 is 0. The lowest BCUT2D eigenvalue weighted by atomic mass is 9.82. The average molecular weight is 437 g/mol. The zero-order valence-electron chi connectivity index (χ0n) is 18.9. The zero-order chi connectivity index (χ0) is 23.2. The number of nitrogens with one attached hydrogen (secondary N) is 2. The highest BCUT2D eigenvalue weighted by Gasteiger charge is 2.47. The molecule has 5 nitrogen and oxygen atoms in total. The molecule has 1 aliphatic rings. The number of amides is 1. The van der Waals surface area contributed by atoms with E-state index in [2.05, 4.69) is 36.5 Å². The number of nitrogens with zero attached hydrogens (tertiary/aromatic N) is 2. The number of hydrogen-bond donors (Lipinski definition) is 2. The molecule has 2 heterocycles. The third kappa shape index (κ3) is 5.60. The molecule has 1 amide bonds. The third-order valence-corrected chi connectivity index (χ3v) is 5.33. The van der Waals surface area contributed by atoms with Crippen molar-refractivity contribution >= 4 is 11.7 Å². The summed E-state index contributed by atoms with van der Waals surface area (Å²) < 4.78 is 42.5. The van der Waals surface area contributed by atoms with Crippen LogP contribution in [0.2, 0.25) is 0 Å². The SMILES string of the molecule is Cc1ccc(C2CC(C(F)(F)F)n3nc(C(=O)NC(C)(C)CC(C)(C)C)cc3N2)cc1. The van der Waals surface area contributed by atoms with Gasteiger partial charge in [-0.1, -0.05) is 50.6 Å². The van der Waals surface area contributed by atoms with Gasteiger partial charge in [0.25, 0.3) is 5.91 Å². The molecule has 1 aromatic carbocycles. The lowest BCUT2D eigenvalue weighted by Crippen LogP contribution is -2.46. The second-order valence-electron chi connectivity index (χ2n) is 10.3. The van der Waals surface area contributed by atoms with Gasteiger partial charge in [0.15, 0.2) is 11.7 Å². The van der Waals surface area contributed by atoms with Crippen LogP contribution in [0.4, 0.5) is 19.0 Å². The van der Waals surface area contributed by atoms with E-state index in [4.69, 9.17) is 0 Å². The Morgan fingerprint density at radius 3 is 2.32 bits per heavy atom. The van der Waals surface area contributed by atoms with Crippen LogP contribution in [0.1, 0.15) is 81.2 Å². The first-order valence-electron chi connectivity index (χ1n) is 10.5. The van der Waals surface area contributed by atoms with E-state index in [1.807, 2.05) is 45.0 Å². The van der Waals surface area contributed by atoms with Gasteiger partial charge in [-0.25, -0.2) is 4.68 Å². The predicted molar refractivity (Wildman–Crippen MR) is 115 cm³/mol. The molecule has 1 aromatic heterocycles. The Hall–Kier alpha value is -2.51. The number of aromatic nitrogens is 2. The van der Waals surface area contributed by atoms with E-state index >= 15 is 0 Å². The monoisotopic (exact) mass is 436 g/mol. The smallest absolute Gasteiger partial charge is 0.363 e. The number of alkyl halides is 3. The minimum Gasteiger partial charge on any atom is -0.363 e. The number of carbonyl (C=O) groups is 1. The molecule has 0 radical (unpaired) electrons. The van der Waals surface area contributed by atoms with Crippen LogP contribution in [0.3, 0.4) is 0 Å². The molecule has 1 aliphatic heterocycles. The van der Waals surface area contributed by atoms with Crippen LogP contribution < -0.4 is 10.6 Å². The van der Waals surface area contributed by atoms with E-state index in [9.17, 15) is 18.0 Å². The van der Waals surface area contributed by atoms with Gasteiger partial charge in [0.1, 0.15) is 5.82 Å². The van der Waals surface area contributed by atoms with Crippen molar-refractivity contribution in [3.63, 3.8) is 0 Å². The minimum atomic E-state index is -4.48. The van der Waals surface area contributed by atoms with Gasteiger partial charge in [-0.3, -0.25) is 4.79 Å². The number of fused-ring (bicyclic) bond motifs is 1. The fourth-order valence-electron chi connectivity index (χ4n) is 4.44. The molecule has 2 atom stereocenters. The van der Waals surface area contributed by atoms with Crippen molar-refractivity contribution < 1.29 is 18.0 Å². The number of hydrogen-bond acceptors (Lipinski definition) is 3. The normalized spacial score (nSPS) is 19.5. The van der Waals surface area contributed by atoms with Gasteiger partial charge in [0.2, 0.25) is 0 Å². The summed E-state index contributed by atoms with van der Waals surface area (Å²) in [7, 11) is 0. The maximum absolute atomic E-state index is 13.9. The van der Waals surface area contributed by atoms with E-state index in [0.29, 0.717) is 6.42 Å². The van der Waals surface area contributed by atoms with Crippen LogP contribution in [0.5, 0.6) is 0 Å². The first-order chi connectivity index (χ1) is 14.1. The Balaban J connectivity index is 1.89. The van der Waals surface area contributed by atoms with Gasteiger partial charge < -0.3 is 10.6 Å². The van der Waals surface area contributed by atoms with Crippen molar-refractivity contribution in [1.82, 2.24) is 15.1 Å². The summed E-state index contributed by atoms with van der Waals surface area (Å²) in [5.74, 6) is -0.288. The number of carbonyl (C=O) groups excluding carboxylic acids is 1. The Morgan fingerprint density at radius 2 is 1.77 bits per heavy atom. The van der Waals surface area contributed by atoms with Gasteiger partial charge in [0, 0.05) is 18.0 Å². The Bertz CT molecular complexity index is 939. The van der Waals surface area contributed by atoms with Crippen LogP contribution >= 0.6 is 0 Å². The molecule has 2 aromatic rings. The number of rotatable bonds is 4. The zero-order valence-corrected chi connectivity index (χ0v) is 18.9. The largest absolute Gasteiger partial charge is 0.410 e. The van der Waals surface area contributed by atoms with E-state index in [0.717, 1.165) is 15.8 Å². The number of benzene rings is 1. The average Bonchev–Trinajstić information content (AvgIpc) is 3.02. The maximum atomic E-state index is 13.9. The lowest BCUT2D eigenvalue weighted by Gasteiger charge is -2.33. The molecule has 2 unspecified atom stereocenters. The molecule has 0 saturated heterocycles. The molecule has 2 N–H and O–H groups in total. The summed E-state index contributed by atoms with van der Waals surface area (Å²) in [5, 5.41) is 10.1. The highest BCUT2D eigenvalue weighted by atomic mass is 19.4. The number of anilines is 1. The second-order valence-corrected chi connectivity index (χ2v) is 10.3. The van der Waals surface area contributed by atoms with Gasteiger partial charge >= 0.3 is 6.18 Å². The van der Waals surface area contributed by atoms with Crippen molar-refractivity contribution in [1.29, 1.82) is 0 Å². The van der Waals surface area contributed by atoms with Crippen molar-refractivity contribution in [2.45, 2.75) is 78.2 Å². The maximum Gasteiger partial charge on any atom is 0.410 e. The van der Waals surface area contributed by atoms with Crippen molar-refractivity contribution in [3.8, 4) is 0 Å². The Labute approximate surface area is 181 Å². The van der Waals surface area contributed by atoms with Crippen LogP contribution in [-0.2, 0) is 0 Å². The van der Waals surface area contributed by atoms with Gasteiger partial charge in [-0.2, -0.15) is 18.3 Å². The first-order valence-corrected chi connectivity index (χ1v) is 10.5. The molecule has 0 aliphatic carbocycles. The van der Waals surface area contributed by atoms with Gasteiger partial charge in [-0.15, -0.1) is 0 Å². The molecule has 170 valence electrons. The topological polar surface area (TPSA) is 59.0 Å². The fraction of sp³-hybridized carbons (Fsp3) is 0.565. The summed E-state index contributed by atoms with van der Waals surface area (Å²) in [6.45, 7) is 11.9. The van der Waals surface area contributed by atoms with Crippen molar-refractivity contribution in [2.75, 3.05) is 5.32 Å². The van der Waals surface area contributed by atoms with Crippen LogP contribution in [-0.4, -0.2) is 27.4 Å². The predicted octanol–water partition coefficient (Wildman–Crippen LogP) is 5.80. The molecule has 31 heavy (non-hydrogen) atoms. The van der Waals surface area contributed by atoms with E-state index in [1.165, 1.54) is 6.07 Å². The van der Waals surface area contributed by atoms with E-state index in [1.54, 1.807) is 0 Å². The summed E-state index contributed by atoms with van der Waals surface area (Å²) in [6.07, 6.45) is -3.97. The highest BCUT2D eigenvalue weighted by molar-refractivity contribution is 5.93. The molecule has 3 rings (SSSR count). The standard InChI is InChI=1S/C23H31F3N4O/c1-14-7-9-15(10-8-14)16-11-18(23(24,25)26)30-19(27-16)12-17(29-30)20(31)28-22(5,6)13-21(2,3)4/h7-10,12,16,18,27H,11,13H2,1-6H3,(H,28,31). The number of halogens is 3. The summed E-state index contributed by atoms with van der Waals surface area (Å²) in [4.78, 5) is 12.8. The van der Waals surface area contributed by atoms with Crippen molar-refractivity contribution in [3.05, 3.63) is 47.2 Å². The van der Waals surface area contributed by atoms with Crippen LogP contribution in [0.25, 0.3) is 0 Å². The number of aryl methyl sites for hydroxylation is 1. The molecule has 0 saturated carbocycles. The lowest BCUT2D eigenvalue weighted by molar-refractivity contribution is -0.173. The molecule has 8 heteroatoms. The Kier molecular flexibility index (Phi) is 5.88. The quantitative estimate of drug-likeness (QED) is 0.637. The highest BCUT2D eigenvalue weighted by Crippen LogP contribution is 2.43. The summed E-state index contributed by atoms with van der Waals surface area (Å²) in [6, 6.07) is 6.48. The first kappa shape index (κ1) is 23.2. The third-order valence-electron chi connectivity index (χ3n) is 5.33. The van der Waals surface area contributed by atoms with Crippen LogP contribution in [0, 0.1) is 12.3 Å². The van der Waals surface area contributed by atoms with Gasteiger partial charge in [-0.05, 0) is 38.2 Å². The molecule has 0 bridgehead atoms.